The van der Waals surface area contributed by atoms with Gasteiger partial charge in [0.25, 0.3) is 5.91 Å². The molecular weight excluding hydrogens is 209 g/mol. The lowest BCUT2D eigenvalue weighted by Crippen LogP contribution is -2.37. The molecule has 1 aromatic carbocycles. The van der Waals surface area contributed by atoms with Crippen LogP contribution in [0.5, 0.6) is 5.75 Å². The molecule has 1 amide bonds. The molecule has 1 aliphatic rings. The third-order valence-electron chi connectivity index (χ3n) is 2.46. The van der Waals surface area contributed by atoms with Crippen molar-refractivity contribution in [1.29, 1.82) is 0 Å². The first-order valence-corrected chi connectivity index (χ1v) is 4.92. The average Bonchev–Trinajstić information content (AvgIpc) is 2.20. The van der Waals surface area contributed by atoms with E-state index >= 15 is 0 Å². The van der Waals surface area contributed by atoms with Crippen LogP contribution in [0.3, 0.4) is 0 Å². The molecule has 0 bridgehead atoms. The highest BCUT2D eigenvalue weighted by Gasteiger charge is 2.27. The molecule has 1 heterocycles. The van der Waals surface area contributed by atoms with E-state index in [9.17, 15) is 9.18 Å². The first-order chi connectivity index (χ1) is 7.50. The highest BCUT2D eigenvalue weighted by atomic mass is 19.1. The molecule has 0 atom stereocenters. The van der Waals surface area contributed by atoms with Crippen LogP contribution in [-0.2, 0) is 4.79 Å². The Kier molecular flexibility index (Phi) is 2.42. The average molecular weight is 221 g/mol. The van der Waals surface area contributed by atoms with Crippen LogP contribution < -0.4 is 9.64 Å². The van der Waals surface area contributed by atoms with Gasteiger partial charge in [-0.05, 0) is 25.5 Å². The van der Waals surface area contributed by atoms with Gasteiger partial charge in [0.05, 0.1) is 5.69 Å². The predicted octanol–water partition coefficient (Wildman–Crippen LogP) is 2.39. The molecule has 0 saturated heterocycles. The fourth-order valence-electron chi connectivity index (χ4n) is 1.70. The number of carbonyl (C=O) groups is 1. The Morgan fingerprint density at radius 2 is 2.25 bits per heavy atom. The molecule has 0 unspecified atom stereocenters. The van der Waals surface area contributed by atoms with Gasteiger partial charge in [0, 0.05) is 11.8 Å². The number of carbonyl (C=O) groups excluding carboxylic acids is 1. The van der Waals surface area contributed by atoms with Gasteiger partial charge in [-0.15, -0.1) is 0 Å². The van der Waals surface area contributed by atoms with Crippen LogP contribution in [0.2, 0.25) is 0 Å². The Bertz CT molecular complexity index is 482. The van der Waals surface area contributed by atoms with Gasteiger partial charge < -0.3 is 4.74 Å². The second kappa shape index (κ2) is 3.63. The number of benzene rings is 1. The molecule has 0 fully saturated rings. The Labute approximate surface area is 93.1 Å². The first kappa shape index (κ1) is 10.7. The standard InChI is InChI=1S/C12H12FNO2/c1-7(2)14-10-4-8(3)9(13)5-11(10)16-6-12(14)15/h4-5H,1,6H2,2-3H3. The summed E-state index contributed by atoms with van der Waals surface area (Å²) in [7, 11) is 0. The summed E-state index contributed by atoms with van der Waals surface area (Å²) in [5.74, 6) is -0.147. The van der Waals surface area contributed by atoms with Crippen LogP contribution >= 0.6 is 0 Å². The van der Waals surface area contributed by atoms with Crippen LogP contribution in [0.4, 0.5) is 10.1 Å². The lowest BCUT2D eigenvalue weighted by Gasteiger charge is -2.29. The smallest absolute Gasteiger partial charge is 0.269 e. The molecule has 0 spiro atoms. The molecule has 0 N–H and O–H groups in total. The van der Waals surface area contributed by atoms with Gasteiger partial charge in [0.1, 0.15) is 11.6 Å². The maximum absolute atomic E-state index is 13.3. The lowest BCUT2D eigenvalue weighted by atomic mass is 10.1. The number of anilines is 1. The van der Waals surface area contributed by atoms with Gasteiger partial charge in [-0.1, -0.05) is 6.58 Å². The van der Waals surface area contributed by atoms with Crippen molar-refractivity contribution in [2.24, 2.45) is 0 Å². The maximum atomic E-state index is 13.3. The van der Waals surface area contributed by atoms with E-state index in [4.69, 9.17) is 4.74 Å². The number of rotatable bonds is 1. The van der Waals surface area contributed by atoms with Crippen molar-refractivity contribution in [2.45, 2.75) is 13.8 Å². The predicted molar refractivity (Wildman–Crippen MR) is 58.9 cm³/mol. The third kappa shape index (κ3) is 1.56. The van der Waals surface area contributed by atoms with E-state index in [1.807, 2.05) is 0 Å². The number of hydrogen-bond donors (Lipinski definition) is 0. The zero-order chi connectivity index (χ0) is 11.9. The van der Waals surface area contributed by atoms with E-state index in [0.717, 1.165) is 0 Å². The molecule has 3 nitrogen and oxygen atoms in total. The number of hydrogen-bond acceptors (Lipinski definition) is 2. The summed E-state index contributed by atoms with van der Waals surface area (Å²) >= 11 is 0. The molecule has 0 aliphatic carbocycles. The Hall–Kier alpha value is -1.84. The molecular formula is C12H12FNO2. The monoisotopic (exact) mass is 221 g/mol. The minimum absolute atomic E-state index is 0.0810. The van der Waals surface area contributed by atoms with Crippen molar-refractivity contribution in [2.75, 3.05) is 11.5 Å². The topological polar surface area (TPSA) is 29.5 Å². The summed E-state index contributed by atoms with van der Waals surface area (Å²) in [6.07, 6.45) is 0. The van der Waals surface area contributed by atoms with Crippen molar-refractivity contribution >= 4 is 11.6 Å². The van der Waals surface area contributed by atoms with Crippen LogP contribution in [0, 0.1) is 12.7 Å². The van der Waals surface area contributed by atoms with Gasteiger partial charge in [-0.25, -0.2) is 4.39 Å². The maximum Gasteiger partial charge on any atom is 0.269 e. The summed E-state index contributed by atoms with van der Waals surface area (Å²) in [5.41, 5.74) is 1.63. The van der Waals surface area contributed by atoms with Gasteiger partial charge in [-0.2, -0.15) is 0 Å². The van der Waals surface area contributed by atoms with E-state index < -0.39 is 0 Å². The number of aryl methyl sites for hydroxylation is 1. The Balaban J connectivity index is 2.59. The number of halogens is 1. The molecule has 0 aromatic heterocycles. The zero-order valence-corrected chi connectivity index (χ0v) is 9.21. The number of allylic oxidation sites excluding steroid dienone is 1. The molecule has 1 aliphatic heterocycles. The van der Waals surface area contributed by atoms with Crippen LogP contribution in [0.25, 0.3) is 0 Å². The highest BCUT2D eigenvalue weighted by Crippen LogP contribution is 2.35. The second-order valence-corrected chi connectivity index (χ2v) is 3.82. The van der Waals surface area contributed by atoms with Crippen molar-refractivity contribution in [1.82, 2.24) is 0 Å². The molecule has 4 heteroatoms. The molecule has 0 saturated carbocycles. The van der Waals surface area contributed by atoms with Gasteiger partial charge in [0.2, 0.25) is 0 Å². The fourth-order valence-corrected chi connectivity index (χ4v) is 1.70. The van der Waals surface area contributed by atoms with Crippen LogP contribution in [0.1, 0.15) is 12.5 Å². The Morgan fingerprint density at radius 3 is 2.88 bits per heavy atom. The minimum atomic E-state index is -0.338. The summed E-state index contributed by atoms with van der Waals surface area (Å²) < 4.78 is 18.5. The largest absolute Gasteiger partial charge is 0.481 e. The summed E-state index contributed by atoms with van der Waals surface area (Å²) in [5, 5.41) is 0. The van der Waals surface area contributed by atoms with Gasteiger partial charge >= 0.3 is 0 Å². The van der Waals surface area contributed by atoms with Gasteiger partial charge in [-0.3, -0.25) is 9.69 Å². The van der Waals surface area contributed by atoms with Crippen LogP contribution in [0.15, 0.2) is 24.4 Å². The second-order valence-electron chi connectivity index (χ2n) is 3.82. The van der Waals surface area contributed by atoms with Crippen molar-refractivity contribution in [3.05, 3.63) is 35.8 Å². The van der Waals surface area contributed by atoms with Crippen molar-refractivity contribution in [3.8, 4) is 5.75 Å². The van der Waals surface area contributed by atoms with Crippen LogP contribution in [-0.4, -0.2) is 12.5 Å². The quantitative estimate of drug-likeness (QED) is 0.728. The highest BCUT2D eigenvalue weighted by molar-refractivity contribution is 6.00. The summed E-state index contributed by atoms with van der Waals surface area (Å²) in [6.45, 7) is 7.03. The molecule has 16 heavy (non-hydrogen) atoms. The normalized spacial score (nSPS) is 14.4. The van der Waals surface area contributed by atoms with E-state index in [1.165, 1.54) is 11.0 Å². The fraction of sp³-hybridized carbons (Fsp3) is 0.250. The number of fused-ring (bicyclic) bond motifs is 1. The molecule has 1 aromatic rings. The van der Waals surface area contributed by atoms with E-state index in [-0.39, 0.29) is 18.3 Å². The lowest BCUT2D eigenvalue weighted by molar-refractivity contribution is -0.120. The number of ether oxygens (including phenoxy) is 1. The minimum Gasteiger partial charge on any atom is -0.481 e. The van der Waals surface area contributed by atoms with Crippen molar-refractivity contribution < 1.29 is 13.9 Å². The zero-order valence-electron chi connectivity index (χ0n) is 9.21. The molecule has 2 rings (SSSR count). The third-order valence-corrected chi connectivity index (χ3v) is 2.46. The number of nitrogens with zero attached hydrogens (tertiary/aromatic N) is 1. The van der Waals surface area contributed by atoms with E-state index in [2.05, 4.69) is 6.58 Å². The summed E-state index contributed by atoms with van der Waals surface area (Å²) in [4.78, 5) is 13.1. The number of amides is 1. The van der Waals surface area contributed by atoms with E-state index in [0.29, 0.717) is 22.7 Å². The molecule has 84 valence electrons. The Morgan fingerprint density at radius 1 is 1.56 bits per heavy atom. The summed E-state index contributed by atoms with van der Waals surface area (Å²) in [6, 6.07) is 2.89. The molecule has 0 radical (unpaired) electrons. The first-order valence-electron chi connectivity index (χ1n) is 4.92. The van der Waals surface area contributed by atoms with E-state index in [1.54, 1.807) is 19.9 Å². The van der Waals surface area contributed by atoms with Crippen molar-refractivity contribution in [3.63, 3.8) is 0 Å². The SMILES string of the molecule is C=C(C)N1C(=O)COc2cc(F)c(C)cc21. The van der Waals surface area contributed by atoms with Gasteiger partial charge in [0.15, 0.2) is 6.61 Å².